The van der Waals surface area contributed by atoms with E-state index in [-0.39, 0.29) is 23.7 Å². The van der Waals surface area contributed by atoms with Crippen molar-refractivity contribution in [2.45, 2.75) is 44.7 Å². The number of aromatic hydroxyl groups is 1. The molecule has 0 saturated carbocycles. The monoisotopic (exact) mass is 262 g/mol. The Morgan fingerprint density at radius 1 is 1.42 bits per heavy atom. The molecule has 3 N–H and O–H groups in total. The maximum Gasteiger partial charge on any atom is 0.237 e. The third kappa shape index (κ3) is 3.47. The largest absolute Gasteiger partial charge is 0.508 e. The molecule has 1 aromatic rings. The van der Waals surface area contributed by atoms with Crippen LogP contribution in [0.5, 0.6) is 5.75 Å². The molecule has 2 atom stereocenters. The zero-order valence-electron chi connectivity index (χ0n) is 11.4. The summed E-state index contributed by atoms with van der Waals surface area (Å²) in [7, 11) is 0. The molecule has 0 spiro atoms. The van der Waals surface area contributed by atoms with Crippen molar-refractivity contribution >= 4 is 5.91 Å². The van der Waals surface area contributed by atoms with Gasteiger partial charge in [-0.05, 0) is 31.7 Å². The Balaban J connectivity index is 2.10. The van der Waals surface area contributed by atoms with Gasteiger partial charge < -0.3 is 10.4 Å². The lowest BCUT2D eigenvalue weighted by Crippen LogP contribution is -2.44. The summed E-state index contributed by atoms with van der Waals surface area (Å²) in [5.41, 5.74) is 0.863. The summed E-state index contributed by atoms with van der Waals surface area (Å²) in [5.74, 6) is 0.363. The van der Waals surface area contributed by atoms with Crippen LogP contribution in [0.1, 0.15) is 44.2 Å². The molecule has 1 fully saturated rings. The van der Waals surface area contributed by atoms with Gasteiger partial charge in [0.1, 0.15) is 5.75 Å². The molecular weight excluding hydrogens is 240 g/mol. The molecule has 0 aliphatic carbocycles. The smallest absolute Gasteiger partial charge is 0.237 e. The Hall–Kier alpha value is -1.55. The van der Waals surface area contributed by atoms with Gasteiger partial charge in [0.15, 0.2) is 0 Å². The second kappa shape index (κ2) is 6.57. The van der Waals surface area contributed by atoms with Crippen LogP contribution in [0.15, 0.2) is 24.3 Å². The van der Waals surface area contributed by atoms with E-state index in [1.807, 2.05) is 18.2 Å². The number of rotatable bonds is 4. The van der Waals surface area contributed by atoms with Crippen LogP contribution in [0.4, 0.5) is 0 Å². The van der Waals surface area contributed by atoms with Gasteiger partial charge in [-0.3, -0.25) is 10.1 Å². The fraction of sp³-hybridized carbons (Fsp3) is 0.533. The van der Waals surface area contributed by atoms with Crippen LogP contribution in [0, 0.1) is 0 Å². The van der Waals surface area contributed by atoms with E-state index >= 15 is 0 Å². The van der Waals surface area contributed by atoms with Gasteiger partial charge in [-0.2, -0.15) is 0 Å². The van der Waals surface area contributed by atoms with Crippen molar-refractivity contribution in [1.29, 1.82) is 0 Å². The van der Waals surface area contributed by atoms with E-state index in [1.165, 1.54) is 0 Å². The van der Waals surface area contributed by atoms with Crippen molar-refractivity contribution in [3.63, 3.8) is 0 Å². The minimum Gasteiger partial charge on any atom is -0.508 e. The van der Waals surface area contributed by atoms with Crippen LogP contribution in [0.2, 0.25) is 0 Å². The van der Waals surface area contributed by atoms with E-state index < -0.39 is 0 Å². The average Bonchev–Trinajstić information content (AvgIpc) is 2.62. The SMILES string of the molecule is CCC(NC1CCCCNC1=O)c1ccccc1O. The Morgan fingerprint density at radius 2 is 2.21 bits per heavy atom. The molecule has 1 saturated heterocycles. The van der Waals surface area contributed by atoms with Crippen LogP contribution in [-0.2, 0) is 4.79 Å². The van der Waals surface area contributed by atoms with Crippen molar-refractivity contribution in [1.82, 2.24) is 10.6 Å². The summed E-state index contributed by atoms with van der Waals surface area (Å²) in [6, 6.07) is 7.16. The molecule has 19 heavy (non-hydrogen) atoms. The lowest BCUT2D eigenvalue weighted by atomic mass is 10.0. The highest BCUT2D eigenvalue weighted by Gasteiger charge is 2.24. The van der Waals surface area contributed by atoms with E-state index in [2.05, 4.69) is 17.6 Å². The van der Waals surface area contributed by atoms with Crippen LogP contribution in [-0.4, -0.2) is 23.6 Å². The number of nitrogens with one attached hydrogen (secondary N) is 2. The molecule has 4 heteroatoms. The van der Waals surface area contributed by atoms with E-state index in [9.17, 15) is 9.90 Å². The van der Waals surface area contributed by atoms with Gasteiger partial charge in [-0.1, -0.05) is 25.1 Å². The topological polar surface area (TPSA) is 61.4 Å². The number of carbonyl (C=O) groups is 1. The van der Waals surface area contributed by atoms with Crippen molar-refractivity contribution in [3.05, 3.63) is 29.8 Å². The van der Waals surface area contributed by atoms with Crippen molar-refractivity contribution in [2.75, 3.05) is 6.54 Å². The van der Waals surface area contributed by atoms with E-state index in [1.54, 1.807) is 6.07 Å². The molecular formula is C15H22N2O2. The highest BCUT2D eigenvalue weighted by atomic mass is 16.3. The van der Waals surface area contributed by atoms with Crippen molar-refractivity contribution in [3.8, 4) is 5.75 Å². The summed E-state index contributed by atoms with van der Waals surface area (Å²) in [5, 5.41) is 16.2. The first kappa shape index (κ1) is 13.9. The third-order valence-corrected chi connectivity index (χ3v) is 3.66. The summed E-state index contributed by atoms with van der Waals surface area (Å²) in [4.78, 5) is 11.9. The molecule has 104 valence electrons. The number of amides is 1. The number of phenols is 1. The third-order valence-electron chi connectivity index (χ3n) is 3.66. The van der Waals surface area contributed by atoms with Gasteiger partial charge in [-0.15, -0.1) is 0 Å². The molecule has 1 heterocycles. The number of benzene rings is 1. The normalized spacial score (nSPS) is 21.5. The molecule has 1 amide bonds. The minimum atomic E-state index is -0.160. The minimum absolute atomic E-state index is 0.00931. The Bertz CT molecular complexity index is 434. The van der Waals surface area contributed by atoms with Gasteiger partial charge in [0, 0.05) is 18.2 Å². The summed E-state index contributed by atoms with van der Waals surface area (Å²) in [6.07, 6.45) is 3.78. The second-order valence-corrected chi connectivity index (χ2v) is 5.03. The van der Waals surface area contributed by atoms with E-state index in [0.29, 0.717) is 0 Å². The maximum atomic E-state index is 11.9. The molecule has 1 aromatic carbocycles. The highest BCUT2D eigenvalue weighted by molar-refractivity contribution is 5.82. The zero-order valence-corrected chi connectivity index (χ0v) is 11.4. The molecule has 1 aliphatic rings. The zero-order chi connectivity index (χ0) is 13.7. The van der Waals surface area contributed by atoms with Gasteiger partial charge in [0.2, 0.25) is 5.91 Å². The average molecular weight is 262 g/mol. The first-order valence-electron chi connectivity index (χ1n) is 7.04. The lowest BCUT2D eigenvalue weighted by molar-refractivity contribution is -0.123. The van der Waals surface area contributed by atoms with Crippen LogP contribution in [0.3, 0.4) is 0 Å². The Morgan fingerprint density at radius 3 is 2.95 bits per heavy atom. The molecule has 0 bridgehead atoms. The van der Waals surface area contributed by atoms with Crippen LogP contribution >= 0.6 is 0 Å². The van der Waals surface area contributed by atoms with Gasteiger partial charge >= 0.3 is 0 Å². The maximum absolute atomic E-state index is 11.9. The molecule has 0 aromatic heterocycles. The van der Waals surface area contributed by atoms with Gasteiger partial charge in [0.25, 0.3) is 0 Å². The number of phenolic OH excluding ortho intramolecular Hbond substituents is 1. The van der Waals surface area contributed by atoms with Crippen molar-refractivity contribution in [2.24, 2.45) is 0 Å². The molecule has 2 rings (SSSR count). The number of carbonyl (C=O) groups excluding carboxylic acids is 1. The van der Waals surface area contributed by atoms with Gasteiger partial charge in [-0.25, -0.2) is 0 Å². The van der Waals surface area contributed by atoms with Crippen LogP contribution < -0.4 is 10.6 Å². The number of para-hydroxylation sites is 1. The molecule has 2 unspecified atom stereocenters. The second-order valence-electron chi connectivity index (χ2n) is 5.03. The van der Waals surface area contributed by atoms with Crippen LogP contribution in [0.25, 0.3) is 0 Å². The fourth-order valence-corrected chi connectivity index (χ4v) is 2.55. The van der Waals surface area contributed by atoms with Gasteiger partial charge in [0.05, 0.1) is 6.04 Å². The Labute approximate surface area is 114 Å². The molecule has 1 aliphatic heterocycles. The highest BCUT2D eigenvalue weighted by Crippen LogP contribution is 2.26. The first-order valence-corrected chi connectivity index (χ1v) is 7.04. The predicted octanol–water partition coefficient (Wildman–Crippen LogP) is 2.10. The number of hydrogen-bond acceptors (Lipinski definition) is 3. The lowest BCUT2D eigenvalue weighted by Gasteiger charge is -2.24. The quantitative estimate of drug-likeness (QED) is 0.778. The fourth-order valence-electron chi connectivity index (χ4n) is 2.55. The standard InChI is InChI=1S/C15H22N2O2/c1-2-12(11-7-3-4-9-14(11)18)17-13-8-5-6-10-16-15(13)19/h3-4,7,9,12-13,17-18H,2,5-6,8,10H2,1H3,(H,16,19). The number of hydrogen-bond donors (Lipinski definition) is 3. The first-order chi connectivity index (χ1) is 9.22. The molecule has 4 nitrogen and oxygen atoms in total. The Kier molecular flexibility index (Phi) is 4.80. The summed E-state index contributed by atoms with van der Waals surface area (Å²) in [6.45, 7) is 2.82. The summed E-state index contributed by atoms with van der Waals surface area (Å²) >= 11 is 0. The van der Waals surface area contributed by atoms with Crippen molar-refractivity contribution < 1.29 is 9.90 Å². The summed E-state index contributed by atoms with van der Waals surface area (Å²) < 4.78 is 0. The van der Waals surface area contributed by atoms with E-state index in [0.717, 1.165) is 37.8 Å². The van der Waals surface area contributed by atoms with E-state index in [4.69, 9.17) is 0 Å². The predicted molar refractivity (Wildman–Crippen MR) is 74.9 cm³/mol. The molecule has 0 radical (unpaired) electrons.